The third-order valence-corrected chi connectivity index (χ3v) is 6.07. The second kappa shape index (κ2) is 11.1. The minimum Gasteiger partial charge on any atom is -0.351 e. The van der Waals surface area contributed by atoms with Gasteiger partial charge in [0.05, 0.1) is 11.4 Å². The Labute approximate surface area is 178 Å². The summed E-state index contributed by atoms with van der Waals surface area (Å²) in [5.74, 6) is 0.845. The normalized spacial score (nSPS) is 15.3. The first kappa shape index (κ1) is 21.4. The van der Waals surface area contributed by atoms with Crippen LogP contribution in [0.1, 0.15) is 51.0 Å². The molecular formula is C24H31N3OS. The van der Waals surface area contributed by atoms with Crippen LogP contribution in [0.4, 0.5) is 11.4 Å². The van der Waals surface area contributed by atoms with Crippen LogP contribution in [0.2, 0.25) is 0 Å². The summed E-state index contributed by atoms with van der Waals surface area (Å²) < 4.78 is 0. The first-order valence-corrected chi connectivity index (χ1v) is 11.5. The number of amidine groups is 1. The van der Waals surface area contributed by atoms with E-state index in [2.05, 4.69) is 36.2 Å². The number of hydrogen-bond donors (Lipinski definition) is 1. The number of benzene rings is 2. The molecule has 0 atom stereocenters. The van der Waals surface area contributed by atoms with Gasteiger partial charge in [-0.1, -0.05) is 68.8 Å². The molecule has 0 aromatic heterocycles. The highest BCUT2D eigenvalue weighted by Crippen LogP contribution is 2.21. The molecule has 0 aliphatic carbocycles. The van der Waals surface area contributed by atoms with E-state index in [0.717, 1.165) is 29.6 Å². The third kappa shape index (κ3) is 6.93. The van der Waals surface area contributed by atoms with Crippen molar-refractivity contribution in [2.45, 2.75) is 45.4 Å². The molecule has 2 aromatic carbocycles. The van der Waals surface area contributed by atoms with Crippen LogP contribution in [-0.2, 0) is 4.79 Å². The molecule has 1 aliphatic rings. The first-order valence-electron chi connectivity index (χ1n) is 10.5. The summed E-state index contributed by atoms with van der Waals surface area (Å²) in [7, 11) is 0. The number of para-hydroxylation sites is 1. The number of rotatable bonds is 5. The van der Waals surface area contributed by atoms with E-state index in [1.54, 1.807) is 0 Å². The summed E-state index contributed by atoms with van der Waals surface area (Å²) in [4.78, 5) is 19.7. The summed E-state index contributed by atoms with van der Waals surface area (Å²) in [6.07, 6.45) is 4.91. The smallest absolute Gasteiger partial charge is 0.234 e. The summed E-state index contributed by atoms with van der Waals surface area (Å²) in [5, 5.41) is 3.96. The fourth-order valence-corrected chi connectivity index (χ4v) is 4.22. The van der Waals surface area contributed by atoms with Gasteiger partial charge in [-0.25, -0.2) is 4.99 Å². The lowest BCUT2D eigenvalue weighted by atomic mass is 10.0. The van der Waals surface area contributed by atoms with E-state index in [1.807, 2.05) is 42.5 Å². The number of amides is 1. The van der Waals surface area contributed by atoms with Crippen LogP contribution in [0.25, 0.3) is 0 Å². The summed E-state index contributed by atoms with van der Waals surface area (Å²) in [5.41, 5.74) is 3.05. The monoisotopic (exact) mass is 409 g/mol. The van der Waals surface area contributed by atoms with Gasteiger partial charge in [-0.15, -0.1) is 0 Å². The van der Waals surface area contributed by atoms with Crippen LogP contribution < -0.4 is 5.32 Å². The molecule has 0 spiro atoms. The quantitative estimate of drug-likeness (QED) is 0.483. The van der Waals surface area contributed by atoms with Gasteiger partial charge in [0.2, 0.25) is 5.91 Å². The van der Waals surface area contributed by atoms with E-state index in [1.165, 1.54) is 43.0 Å². The van der Waals surface area contributed by atoms with Gasteiger partial charge in [0.25, 0.3) is 0 Å². The lowest BCUT2D eigenvalue weighted by molar-refractivity contribution is -0.113. The van der Waals surface area contributed by atoms with E-state index >= 15 is 0 Å². The molecule has 0 saturated carbocycles. The molecule has 5 heteroatoms. The van der Waals surface area contributed by atoms with Gasteiger partial charge in [0, 0.05) is 18.8 Å². The molecule has 154 valence electrons. The standard InChI is InChI=1S/C24H31N3OS/c1-19(2)20-12-14-22(15-13-20)25-23(28)18-29-24(26-21-10-6-5-7-11-21)27-16-8-3-4-9-17-27/h5-7,10-15,19H,3-4,8-9,16-18H2,1-2H3,(H,25,28). The zero-order valence-electron chi connectivity index (χ0n) is 17.4. The van der Waals surface area contributed by atoms with Crippen LogP contribution in [-0.4, -0.2) is 34.8 Å². The maximum absolute atomic E-state index is 12.5. The number of nitrogens with one attached hydrogen (secondary N) is 1. The number of carbonyl (C=O) groups is 1. The van der Waals surface area contributed by atoms with Crippen molar-refractivity contribution >= 4 is 34.2 Å². The van der Waals surface area contributed by atoms with Crippen molar-refractivity contribution in [3.05, 3.63) is 60.2 Å². The van der Waals surface area contributed by atoms with Crippen molar-refractivity contribution in [1.29, 1.82) is 0 Å². The van der Waals surface area contributed by atoms with Crippen molar-refractivity contribution in [2.75, 3.05) is 24.2 Å². The van der Waals surface area contributed by atoms with Crippen LogP contribution in [0.3, 0.4) is 0 Å². The van der Waals surface area contributed by atoms with Crippen molar-refractivity contribution in [3.8, 4) is 0 Å². The SMILES string of the molecule is CC(C)c1ccc(NC(=O)CSC(=Nc2ccccc2)N2CCCCCC2)cc1. The van der Waals surface area contributed by atoms with Crippen molar-refractivity contribution in [3.63, 3.8) is 0 Å². The Hall–Kier alpha value is -2.27. The molecule has 2 aromatic rings. The molecule has 0 bridgehead atoms. The fraction of sp³-hybridized carbons (Fsp3) is 0.417. The van der Waals surface area contributed by atoms with Crippen LogP contribution in [0.5, 0.6) is 0 Å². The second-order valence-corrected chi connectivity index (χ2v) is 8.69. The largest absolute Gasteiger partial charge is 0.351 e. The predicted octanol–water partition coefficient (Wildman–Crippen LogP) is 6.05. The first-order chi connectivity index (χ1) is 14.1. The van der Waals surface area contributed by atoms with Crippen molar-refractivity contribution in [2.24, 2.45) is 4.99 Å². The van der Waals surface area contributed by atoms with E-state index < -0.39 is 0 Å². The van der Waals surface area contributed by atoms with E-state index in [0.29, 0.717) is 11.7 Å². The maximum atomic E-state index is 12.5. The van der Waals surface area contributed by atoms with Gasteiger partial charge in [-0.3, -0.25) is 4.79 Å². The highest BCUT2D eigenvalue weighted by atomic mass is 32.2. The van der Waals surface area contributed by atoms with Gasteiger partial charge in [0.1, 0.15) is 0 Å². The highest BCUT2D eigenvalue weighted by molar-refractivity contribution is 8.14. The topological polar surface area (TPSA) is 44.7 Å². The molecule has 29 heavy (non-hydrogen) atoms. The van der Waals surface area contributed by atoms with E-state index in [9.17, 15) is 4.79 Å². The van der Waals surface area contributed by atoms with E-state index in [4.69, 9.17) is 4.99 Å². The number of carbonyl (C=O) groups excluding carboxylic acids is 1. The average molecular weight is 410 g/mol. The molecule has 1 N–H and O–H groups in total. The zero-order valence-corrected chi connectivity index (χ0v) is 18.3. The zero-order chi connectivity index (χ0) is 20.5. The van der Waals surface area contributed by atoms with Crippen molar-refractivity contribution < 1.29 is 4.79 Å². The average Bonchev–Trinajstić information content (AvgIpc) is 3.02. The maximum Gasteiger partial charge on any atom is 0.234 e. The minimum atomic E-state index is 0.00267. The van der Waals surface area contributed by atoms with Crippen LogP contribution in [0, 0.1) is 0 Å². The molecule has 0 unspecified atom stereocenters. The van der Waals surface area contributed by atoms with E-state index in [-0.39, 0.29) is 5.91 Å². The summed E-state index contributed by atoms with van der Waals surface area (Å²) in [6.45, 7) is 6.36. The number of thioether (sulfide) groups is 1. The molecule has 3 rings (SSSR count). The Morgan fingerprint density at radius 1 is 1.00 bits per heavy atom. The Kier molecular flexibility index (Phi) is 8.17. The summed E-state index contributed by atoms with van der Waals surface area (Å²) in [6, 6.07) is 18.1. The number of nitrogens with zero attached hydrogens (tertiary/aromatic N) is 2. The molecule has 1 saturated heterocycles. The molecule has 1 amide bonds. The molecular weight excluding hydrogens is 378 g/mol. The molecule has 4 nitrogen and oxygen atoms in total. The predicted molar refractivity (Wildman–Crippen MR) is 125 cm³/mol. The number of aliphatic imine (C=N–C) groups is 1. The van der Waals surface area contributed by atoms with Gasteiger partial charge in [0.15, 0.2) is 5.17 Å². The third-order valence-electron chi connectivity index (χ3n) is 5.05. The van der Waals surface area contributed by atoms with Gasteiger partial charge < -0.3 is 10.2 Å². The molecule has 1 heterocycles. The second-order valence-electron chi connectivity index (χ2n) is 7.74. The van der Waals surface area contributed by atoms with Gasteiger partial charge in [-0.2, -0.15) is 0 Å². The Balaban J connectivity index is 1.64. The highest BCUT2D eigenvalue weighted by Gasteiger charge is 2.16. The lowest BCUT2D eigenvalue weighted by Gasteiger charge is -2.23. The molecule has 1 fully saturated rings. The number of hydrogen-bond acceptors (Lipinski definition) is 3. The van der Waals surface area contributed by atoms with Crippen LogP contribution >= 0.6 is 11.8 Å². The fourth-order valence-electron chi connectivity index (χ4n) is 3.35. The number of anilines is 1. The number of likely N-dealkylation sites (tertiary alicyclic amines) is 1. The molecule has 0 radical (unpaired) electrons. The van der Waals surface area contributed by atoms with Gasteiger partial charge in [-0.05, 0) is 48.6 Å². The lowest BCUT2D eigenvalue weighted by Crippen LogP contribution is -2.31. The van der Waals surface area contributed by atoms with Crippen LogP contribution in [0.15, 0.2) is 59.6 Å². The Morgan fingerprint density at radius 2 is 1.66 bits per heavy atom. The Morgan fingerprint density at radius 3 is 2.28 bits per heavy atom. The minimum absolute atomic E-state index is 0.00267. The van der Waals surface area contributed by atoms with Gasteiger partial charge >= 0.3 is 0 Å². The summed E-state index contributed by atoms with van der Waals surface area (Å²) >= 11 is 1.53. The molecule has 1 aliphatic heterocycles. The Bertz CT molecular complexity index is 795. The van der Waals surface area contributed by atoms with Crippen molar-refractivity contribution in [1.82, 2.24) is 4.90 Å².